The van der Waals surface area contributed by atoms with Crippen molar-refractivity contribution in [3.8, 4) is 11.5 Å². The molecule has 0 aliphatic rings. The van der Waals surface area contributed by atoms with Gasteiger partial charge in [-0.2, -0.15) is 0 Å². The Labute approximate surface area is 157 Å². The minimum atomic E-state index is -1.06. The summed E-state index contributed by atoms with van der Waals surface area (Å²) >= 11 is 6.74. The lowest BCUT2D eigenvalue weighted by Gasteiger charge is -2.18. The molecule has 0 radical (unpaired) electrons. The van der Waals surface area contributed by atoms with Crippen LogP contribution in [0.25, 0.3) is 0 Å². The maximum absolute atomic E-state index is 11.2. The van der Waals surface area contributed by atoms with E-state index in [0.717, 1.165) is 8.95 Å². The van der Waals surface area contributed by atoms with E-state index in [4.69, 9.17) is 9.47 Å². The number of carboxylic acid groups (broad SMARTS) is 1. The molecule has 126 valence electrons. The third-order valence-electron chi connectivity index (χ3n) is 3.26. The third-order valence-corrected chi connectivity index (χ3v) is 4.25. The van der Waals surface area contributed by atoms with Crippen LogP contribution < -0.4 is 9.47 Å². The maximum Gasteiger partial charge on any atom is 0.331 e. The van der Waals surface area contributed by atoms with Gasteiger partial charge in [-0.25, -0.2) is 4.79 Å². The van der Waals surface area contributed by atoms with Crippen molar-refractivity contribution in [2.24, 2.45) is 5.92 Å². The molecule has 0 aliphatic carbocycles. The Hall–Kier alpha value is -1.79. The van der Waals surface area contributed by atoms with Gasteiger partial charge in [0, 0.05) is 14.5 Å². The lowest BCUT2D eigenvalue weighted by molar-refractivity contribution is -0.133. The SMILES string of the molecule is C=C(C(=O)O)C(COc1cccc(Br)c1)COc1cccc(Br)c1. The van der Waals surface area contributed by atoms with Crippen LogP contribution in [0.3, 0.4) is 0 Å². The molecule has 2 aromatic rings. The highest BCUT2D eigenvalue weighted by atomic mass is 79.9. The molecule has 0 spiro atoms. The van der Waals surface area contributed by atoms with E-state index in [9.17, 15) is 9.90 Å². The maximum atomic E-state index is 11.2. The molecular formula is C18H16Br2O4. The number of hydrogen-bond acceptors (Lipinski definition) is 3. The zero-order chi connectivity index (χ0) is 17.5. The molecular weight excluding hydrogens is 440 g/mol. The summed E-state index contributed by atoms with van der Waals surface area (Å²) in [6.07, 6.45) is 0. The average molecular weight is 456 g/mol. The summed E-state index contributed by atoms with van der Waals surface area (Å²) in [6.45, 7) is 3.96. The summed E-state index contributed by atoms with van der Waals surface area (Å²) in [5.74, 6) is -0.235. The number of benzene rings is 2. The van der Waals surface area contributed by atoms with E-state index in [1.807, 2.05) is 36.4 Å². The van der Waals surface area contributed by atoms with Crippen molar-refractivity contribution in [1.29, 1.82) is 0 Å². The fraction of sp³-hybridized carbons (Fsp3) is 0.167. The number of carboxylic acids is 1. The van der Waals surface area contributed by atoms with Crippen LogP contribution in [0.1, 0.15) is 0 Å². The van der Waals surface area contributed by atoms with Gasteiger partial charge >= 0.3 is 5.97 Å². The largest absolute Gasteiger partial charge is 0.493 e. The zero-order valence-electron chi connectivity index (χ0n) is 12.7. The highest BCUT2D eigenvalue weighted by Crippen LogP contribution is 2.22. The Bertz CT molecular complexity index is 681. The van der Waals surface area contributed by atoms with Crippen molar-refractivity contribution in [2.75, 3.05) is 13.2 Å². The van der Waals surface area contributed by atoms with Gasteiger partial charge in [0.15, 0.2) is 0 Å². The minimum Gasteiger partial charge on any atom is -0.493 e. The molecule has 0 aliphatic heterocycles. The second kappa shape index (κ2) is 8.89. The molecule has 0 unspecified atom stereocenters. The van der Waals surface area contributed by atoms with E-state index >= 15 is 0 Å². The molecule has 0 aromatic heterocycles. The summed E-state index contributed by atoms with van der Waals surface area (Å²) in [4.78, 5) is 11.2. The number of hydrogen-bond donors (Lipinski definition) is 1. The van der Waals surface area contributed by atoms with Crippen LogP contribution in [0.5, 0.6) is 11.5 Å². The first-order valence-corrected chi connectivity index (χ1v) is 8.73. The lowest BCUT2D eigenvalue weighted by atomic mass is 10.0. The second-order valence-electron chi connectivity index (χ2n) is 5.06. The molecule has 0 saturated heterocycles. The van der Waals surface area contributed by atoms with Gasteiger partial charge in [-0.15, -0.1) is 0 Å². The Morgan fingerprint density at radius 3 is 1.83 bits per heavy atom. The highest BCUT2D eigenvalue weighted by molar-refractivity contribution is 9.10. The molecule has 0 bridgehead atoms. The molecule has 6 heteroatoms. The summed E-state index contributed by atoms with van der Waals surface area (Å²) < 4.78 is 13.2. The first-order chi connectivity index (χ1) is 11.5. The van der Waals surface area contributed by atoms with Crippen molar-refractivity contribution in [2.45, 2.75) is 0 Å². The monoisotopic (exact) mass is 454 g/mol. The van der Waals surface area contributed by atoms with E-state index in [0.29, 0.717) is 11.5 Å². The van der Waals surface area contributed by atoms with E-state index < -0.39 is 11.9 Å². The minimum absolute atomic E-state index is 0.0555. The summed E-state index contributed by atoms with van der Waals surface area (Å²) in [7, 11) is 0. The van der Waals surface area contributed by atoms with Gasteiger partial charge in [0.05, 0.1) is 19.1 Å². The smallest absolute Gasteiger partial charge is 0.331 e. The van der Waals surface area contributed by atoms with Crippen LogP contribution in [0.15, 0.2) is 69.6 Å². The van der Waals surface area contributed by atoms with Gasteiger partial charge in [0.2, 0.25) is 0 Å². The zero-order valence-corrected chi connectivity index (χ0v) is 15.9. The lowest BCUT2D eigenvalue weighted by Crippen LogP contribution is -2.25. The van der Waals surface area contributed by atoms with Crippen LogP contribution in [-0.2, 0) is 4.79 Å². The van der Waals surface area contributed by atoms with Crippen LogP contribution >= 0.6 is 31.9 Å². The van der Waals surface area contributed by atoms with Crippen LogP contribution in [0.2, 0.25) is 0 Å². The van der Waals surface area contributed by atoms with E-state index in [-0.39, 0.29) is 18.8 Å². The first-order valence-electron chi connectivity index (χ1n) is 7.14. The molecule has 0 atom stereocenters. The fourth-order valence-corrected chi connectivity index (χ4v) is 2.69. The second-order valence-corrected chi connectivity index (χ2v) is 6.90. The van der Waals surface area contributed by atoms with Crippen molar-refractivity contribution < 1.29 is 19.4 Å². The standard InChI is InChI=1S/C18H16Br2O4/c1-12(18(21)22)13(10-23-16-6-2-4-14(19)8-16)11-24-17-7-3-5-15(20)9-17/h2-9,13H,1,10-11H2,(H,21,22). The van der Waals surface area contributed by atoms with Gasteiger partial charge in [-0.05, 0) is 36.4 Å². The third kappa shape index (κ3) is 5.69. The average Bonchev–Trinajstić information content (AvgIpc) is 2.54. The summed E-state index contributed by atoms with van der Waals surface area (Å²) in [5, 5.41) is 9.21. The predicted octanol–water partition coefficient (Wildman–Crippen LogP) is 4.93. The van der Waals surface area contributed by atoms with Crippen molar-refractivity contribution in [1.82, 2.24) is 0 Å². The Kier molecular flexibility index (Phi) is 6.87. The molecule has 0 fully saturated rings. The highest BCUT2D eigenvalue weighted by Gasteiger charge is 2.20. The molecule has 2 aromatic carbocycles. The summed E-state index contributed by atoms with van der Waals surface area (Å²) in [5.41, 5.74) is 0.0555. The van der Waals surface area contributed by atoms with Gasteiger partial charge < -0.3 is 14.6 Å². The van der Waals surface area contributed by atoms with E-state index in [1.54, 1.807) is 12.1 Å². The fourth-order valence-electron chi connectivity index (χ4n) is 1.93. The molecule has 24 heavy (non-hydrogen) atoms. The molecule has 2 rings (SSSR count). The number of aliphatic carboxylic acids is 1. The van der Waals surface area contributed by atoms with Crippen molar-refractivity contribution in [3.05, 3.63) is 69.6 Å². The Morgan fingerprint density at radius 1 is 1.00 bits per heavy atom. The van der Waals surface area contributed by atoms with Crippen molar-refractivity contribution in [3.63, 3.8) is 0 Å². The quantitative estimate of drug-likeness (QED) is 0.573. The van der Waals surface area contributed by atoms with Gasteiger partial charge in [-0.1, -0.05) is 50.6 Å². The number of rotatable bonds is 8. The number of ether oxygens (including phenoxy) is 2. The number of halogens is 2. The van der Waals surface area contributed by atoms with Crippen molar-refractivity contribution >= 4 is 37.8 Å². The Balaban J connectivity index is 2.01. The molecule has 0 heterocycles. The van der Waals surface area contributed by atoms with Crippen LogP contribution in [0.4, 0.5) is 0 Å². The summed E-state index contributed by atoms with van der Waals surface area (Å²) in [6, 6.07) is 14.7. The molecule has 1 N–H and O–H groups in total. The molecule has 4 nitrogen and oxygen atoms in total. The van der Waals surface area contributed by atoms with Gasteiger partial charge in [-0.3, -0.25) is 0 Å². The number of carbonyl (C=O) groups is 1. The van der Waals surface area contributed by atoms with E-state index in [1.165, 1.54) is 0 Å². The van der Waals surface area contributed by atoms with Gasteiger partial charge in [0.25, 0.3) is 0 Å². The topological polar surface area (TPSA) is 55.8 Å². The first kappa shape index (κ1) is 18.5. The van der Waals surface area contributed by atoms with Gasteiger partial charge in [0.1, 0.15) is 11.5 Å². The van der Waals surface area contributed by atoms with E-state index in [2.05, 4.69) is 38.4 Å². The normalized spacial score (nSPS) is 10.5. The molecule has 0 amide bonds. The van der Waals surface area contributed by atoms with Crippen LogP contribution in [-0.4, -0.2) is 24.3 Å². The molecule has 0 saturated carbocycles. The van der Waals surface area contributed by atoms with Crippen LogP contribution in [0, 0.1) is 5.92 Å². The Morgan fingerprint density at radius 2 is 1.46 bits per heavy atom. The predicted molar refractivity (Wildman–Crippen MR) is 99.5 cm³/mol.